The van der Waals surface area contributed by atoms with Crippen molar-refractivity contribution in [2.45, 2.75) is 18.2 Å². The van der Waals surface area contributed by atoms with Gasteiger partial charge in [0.1, 0.15) is 0 Å². The second kappa shape index (κ2) is 8.87. The standard InChI is InChI=1S/C20H23F2N3O3S/c1-15-4-2-3-5-18(15)23-29(27,28)17-8-6-16(7-9-17)20(26)25-12-10-24(11-13-25)14-19(21)22/h2-9,19,23H,10-14H2,1H3. The number of amides is 1. The highest BCUT2D eigenvalue weighted by atomic mass is 32.2. The summed E-state index contributed by atoms with van der Waals surface area (Å²) in [5, 5.41) is 0. The summed E-state index contributed by atoms with van der Waals surface area (Å²) >= 11 is 0. The molecule has 1 aliphatic heterocycles. The normalized spacial score (nSPS) is 15.5. The molecular formula is C20H23F2N3O3S. The fraction of sp³-hybridized carbons (Fsp3) is 0.350. The van der Waals surface area contributed by atoms with Crippen LogP contribution in [0.1, 0.15) is 15.9 Å². The minimum atomic E-state index is -3.77. The summed E-state index contributed by atoms with van der Waals surface area (Å²) in [4.78, 5) is 15.9. The zero-order valence-corrected chi connectivity index (χ0v) is 16.8. The molecule has 0 aromatic heterocycles. The molecule has 156 valence electrons. The molecule has 1 N–H and O–H groups in total. The lowest BCUT2D eigenvalue weighted by Gasteiger charge is -2.34. The molecule has 1 fully saturated rings. The van der Waals surface area contributed by atoms with Gasteiger partial charge < -0.3 is 4.90 Å². The highest BCUT2D eigenvalue weighted by Crippen LogP contribution is 2.20. The van der Waals surface area contributed by atoms with Gasteiger partial charge in [-0.05, 0) is 42.8 Å². The summed E-state index contributed by atoms with van der Waals surface area (Å²) in [7, 11) is -3.77. The first kappa shape index (κ1) is 21.2. The van der Waals surface area contributed by atoms with E-state index in [1.165, 1.54) is 24.3 Å². The highest BCUT2D eigenvalue weighted by Gasteiger charge is 2.24. The van der Waals surface area contributed by atoms with Crippen molar-refractivity contribution in [3.05, 3.63) is 59.7 Å². The maximum absolute atomic E-state index is 12.6. The van der Waals surface area contributed by atoms with Gasteiger partial charge in [-0.1, -0.05) is 18.2 Å². The molecule has 0 unspecified atom stereocenters. The number of para-hydroxylation sites is 1. The molecule has 0 saturated carbocycles. The third kappa shape index (κ3) is 5.30. The smallest absolute Gasteiger partial charge is 0.261 e. The Morgan fingerprint density at radius 3 is 2.24 bits per heavy atom. The van der Waals surface area contributed by atoms with E-state index in [4.69, 9.17) is 0 Å². The van der Waals surface area contributed by atoms with Crippen molar-refractivity contribution in [2.75, 3.05) is 37.4 Å². The zero-order valence-electron chi connectivity index (χ0n) is 16.0. The Kier molecular flexibility index (Phi) is 6.49. The second-order valence-electron chi connectivity index (χ2n) is 6.93. The van der Waals surface area contributed by atoms with Gasteiger partial charge in [-0.2, -0.15) is 0 Å². The average molecular weight is 423 g/mol. The van der Waals surface area contributed by atoms with Gasteiger partial charge in [0.05, 0.1) is 17.1 Å². The summed E-state index contributed by atoms with van der Waals surface area (Å²) in [6, 6.07) is 12.8. The van der Waals surface area contributed by atoms with E-state index in [0.29, 0.717) is 37.4 Å². The summed E-state index contributed by atoms with van der Waals surface area (Å²) in [6.45, 7) is 3.02. The minimum Gasteiger partial charge on any atom is -0.336 e. The Hall–Kier alpha value is -2.52. The minimum absolute atomic E-state index is 0.0547. The molecular weight excluding hydrogens is 400 g/mol. The Balaban J connectivity index is 1.65. The van der Waals surface area contributed by atoms with E-state index >= 15 is 0 Å². The number of carbonyl (C=O) groups excluding carboxylic acids is 1. The number of carbonyl (C=O) groups is 1. The lowest BCUT2D eigenvalue weighted by atomic mass is 10.2. The Labute approximate surface area is 169 Å². The van der Waals surface area contributed by atoms with Crippen molar-refractivity contribution < 1.29 is 22.0 Å². The summed E-state index contributed by atoms with van der Waals surface area (Å²) in [5.74, 6) is -0.238. The molecule has 1 heterocycles. The molecule has 9 heteroatoms. The van der Waals surface area contributed by atoms with Crippen molar-refractivity contribution in [3.63, 3.8) is 0 Å². The highest BCUT2D eigenvalue weighted by molar-refractivity contribution is 7.92. The molecule has 1 saturated heterocycles. The monoisotopic (exact) mass is 423 g/mol. The summed E-state index contributed by atoms with van der Waals surface area (Å²) < 4.78 is 52.6. The molecule has 29 heavy (non-hydrogen) atoms. The number of halogens is 2. The molecule has 2 aromatic carbocycles. The fourth-order valence-corrected chi connectivity index (χ4v) is 4.31. The Bertz CT molecular complexity index is 957. The van der Waals surface area contributed by atoms with Crippen LogP contribution in [-0.2, 0) is 10.0 Å². The maximum Gasteiger partial charge on any atom is 0.261 e. The van der Waals surface area contributed by atoms with Crippen LogP contribution in [0.25, 0.3) is 0 Å². The Morgan fingerprint density at radius 1 is 1.03 bits per heavy atom. The zero-order chi connectivity index (χ0) is 21.0. The van der Waals surface area contributed by atoms with Gasteiger partial charge in [0.15, 0.2) is 0 Å². The van der Waals surface area contributed by atoms with Crippen molar-refractivity contribution in [2.24, 2.45) is 0 Å². The van der Waals surface area contributed by atoms with E-state index in [9.17, 15) is 22.0 Å². The summed E-state index contributed by atoms with van der Waals surface area (Å²) in [5.41, 5.74) is 1.66. The lowest BCUT2D eigenvalue weighted by molar-refractivity contribution is 0.0459. The number of anilines is 1. The van der Waals surface area contributed by atoms with Crippen molar-refractivity contribution in [3.8, 4) is 0 Å². The van der Waals surface area contributed by atoms with E-state index in [0.717, 1.165) is 5.56 Å². The van der Waals surface area contributed by atoms with Crippen LogP contribution in [-0.4, -0.2) is 63.3 Å². The largest absolute Gasteiger partial charge is 0.336 e. The van der Waals surface area contributed by atoms with Gasteiger partial charge in [0, 0.05) is 31.7 Å². The van der Waals surface area contributed by atoms with Gasteiger partial charge in [0.25, 0.3) is 22.4 Å². The number of hydrogen-bond acceptors (Lipinski definition) is 4. The number of nitrogens with zero attached hydrogens (tertiary/aromatic N) is 2. The van der Waals surface area contributed by atoms with Gasteiger partial charge in [-0.15, -0.1) is 0 Å². The van der Waals surface area contributed by atoms with E-state index in [1.54, 1.807) is 34.9 Å². The first-order valence-electron chi connectivity index (χ1n) is 9.24. The molecule has 1 amide bonds. The topological polar surface area (TPSA) is 69.7 Å². The molecule has 0 radical (unpaired) electrons. The number of nitrogens with one attached hydrogen (secondary N) is 1. The van der Waals surface area contributed by atoms with Crippen LogP contribution in [0.4, 0.5) is 14.5 Å². The van der Waals surface area contributed by atoms with E-state index in [-0.39, 0.29) is 17.3 Å². The van der Waals surface area contributed by atoms with Gasteiger partial charge in [-0.3, -0.25) is 14.4 Å². The number of hydrogen-bond donors (Lipinski definition) is 1. The predicted octanol–water partition coefficient (Wildman–Crippen LogP) is 2.82. The predicted molar refractivity (Wildman–Crippen MR) is 107 cm³/mol. The van der Waals surface area contributed by atoms with Crippen LogP contribution in [0.15, 0.2) is 53.4 Å². The van der Waals surface area contributed by atoms with Gasteiger partial charge >= 0.3 is 0 Å². The maximum atomic E-state index is 12.6. The van der Waals surface area contributed by atoms with Crippen LogP contribution < -0.4 is 4.72 Å². The second-order valence-corrected chi connectivity index (χ2v) is 8.61. The van der Waals surface area contributed by atoms with E-state index in [1.807, 2.05) is 6.07 Å². The molecule has 0 aliphatic carbocycles. The van der Waals surface area contributed by atoms with E-state index in [2.05, 4.69) is 4.72 Å². The van der Waals surface area contributed by atoms with Crippen molar-refractivity contribution in [1.29, 1.82) is 0 Å². The molecule has 0 bridgehead atoms. The van der Waals surface area contributed by atoms with Gasteiger partial charge in [0.2, 0.25) is 0 Å². The van der Waals surface area contributed by atoms with Crippen LogP contribution in [0.3, 0.4) is 0 Å². The average Bonchev–Trinajstić information content (AvgIpc) is 2.69. The SMILES string of the molecule is Cc1ccccc1NS(=O)(=O)c1ccc(C(=O)N2CCN(CC(F)F)CC2)cc1. The number of sulfonamides is 1. The van der Waals surface area contributed by atoms with Crippen LogP contribution in [0.2, 0.25) is 0 Å². The molecule has 0 atom stereocenters. The summed E-state index contributed by atoms with van der Waals surface area (Å²) in [6.07, 6.45) is -2.39. The molecule has 0 spiro atoms. The fourth-order valence-electron chi connectivity index (χ4n) is 3.18. The first-order chi connectivity index (χ1) is 13.8. The van der Waals surface area contributed by atoms with Gasteiger partial charge in [-0.25, -0.2) is 17.2 Å². The number of rotatable bonds is 6. The quantitative estimate of drug-likeness (QED) is 0.776. The third-order valence-corrected chi connectivity index (χ3v) is 6.24. The molecule has 3 rings (SSSR count). The van der Waals surface area contributed by atoms with Crippen molar-refractivity contribution in [1.82, 2.24) is 9.80 Å². The molecule has 2 aromatic rings. The van der Waals surface area contributed by atoms with Crippen molar-refractivity contribution >= 4 is 21.6 Å². The number of alkyl halides is 2. The molecule has 6 nitrogen and oxygen atoms in total. The lowest BCUT2D eigenvalue weighted by Crippen LogP contribution is -2.49. The molecule has 1 aliphatic rings. The van der Waals surface area contributed by atoms with Crippen LogP contribution in [0.5, 0.6) is 0 Å². The van der Waals surface area contributed by atoms with E-state index < -0.39 is 16.4 Å². The number of aryl methyl sites for hydroxylation is 1. The Morgan fingerprint density at radius 2 is 1.66 bits per heavy atom. The van der Waals surface area contributed by atoms with Crippen LogP contribution in [0, 0.1) is 6.92 Å². The first-order valence-corrected chi connectivity index (χ1v) is 10.7. The number of benzene rings is 2. The number of piperazine rings is 1. The van der Waals surface area contributed by atoms with Crippen LogP contribution >= 0.6 is 0 Å². The third-order valence-electron chi connectivity index (χ3n) is 4.86.